The van der Waals surface area contributed by atoms with Gasteiger partial charge in [-0.25, -0.2) is 0 Å². The Morgan fingerprint density at radius 3 is 2.41 bits per heavy atom. The number of hydrogen-bond donors (Lipinski definition) is 2. The Balaban J connectivity index is 2.80. The van der Waals surface area contributed by atoms with E-state index in [0.29, 0.717) is 12.1 Å². The molecule has 1 aromatic rings. The van der Waals surface area contributed by atoms with Gasteiger partial charge in [-0.3, -0.25) is 4.79 Å². The van der Waals surface area contributed by atoms with Crippen molar-refractivity contribution in [1.29, 1.82) is 0 Å². The van der Waals surface area contributed by atoms with Gasteiger partial charge in [0.15, 0.2) is 0 Å². The van der Waals surface area contributed by atoms with Crippen molar-refractivity contribution in [3.05, 3.63) is 29.8 Å². The zero-order chi connectivity index (χ0) is 12.8. The molecule has 0 aliphatic rings. The Kier molecular flexibility index (Phi) is 4.84. The quantitative estimate of drug-likeness (QED) is 0.795. The average molecular weight is 244 g/mol. The van der Waals surface area contributed by atoms with Crippen LogP contribution in [0.1, 0.15) is 18.5 Å². The molecule has 0 radical (unpaired) electrons. The highest BCUT2D eigenvalue weighted by molar-refractivity contribution is 5.81. The number of benzene rings is 1. The van der Waals surface area contributed by atoms with Crippen molar-refractivity contribution in [1.82, 2.24) is 5.32 Å². The second kappa shape index (κ2) is 6.15. The Hall–Kier alpha value is -1.69. The highest BCUT2D eigenvalue weighted by atomic mass is 19.3. The Bertz CT molecular complexity index is 368. The van der Waals surface area contributed by atoms with Crippen LogP contribution >= 0.6 is 0 Å². The number of halogens is 2. The number of carbonyl (C=O) groups excluding carboxylic acids is 1. The molecule has 1 amide bonds. The largest absolute Gasteiger partial charge is 0.435 e. The normalized spacial score (nSPS) is 12.5. The number of hydrogen-bond acceptors (Lipinski definition) is 3. The highest BCUT2D eigenvalue weighted by Crippen LogP contribution is 2.19. The van der Waals surface area contributed by atoms with Gasteiger partial charge in [0.25, 0.3) is 0 Å². The van der Waals surface area contributed by atoms with E-state index in [-0.39, 0.29) is 5.75 Å². The van der Waals surface area contributed by atoms with Gasteiger partial charge in [-0.15, -0.1) is 0 Å². The predicted molar refractivity (Wildman–Crippen MR) is 58.7 cm³/mol. The molecular weight excluding hydrogens is 230 g/mol. The Labute approximate surface area is 97.8 Å². The molecule has 1 aromatic carbocycles. The number of likely N-dealkylation sites (N-methyl/N-ethyl adjacent to an activating group) is 1. The number of rotatable bonds is 6. The third kappa shape index (κ3) is 3.99. The van der Waals surface area contributed by atoms with Crippen molar-refractivity contribution >= 4 is 5.91 Å². The number of nitrogens with two attached hydrogens (primary N) is 1. The summed E-state index contributed by atoms with van der Waals surface area (Å²) in [5, 5.41) is 2.90. The molecule has 0 saturated heterocycles. The predicted octanol–water partition coefficient (Wildman–Crippen LogP) is 1.42. The van der Waals surface area contributed by atoms with Crippen LogP contribution in [0.2, 0.25) is 0 Å². The summed E-state index contributed by atoms with van der Waals surface area (Å²) in [7, 11) is 0. The van der Waals surface area contributed by atoms with Crippen LogP contribution < -0.4 is 15.8 Å². The lowest BCUT2D eigenvalue weighted by Crippen LogP contribution is -2.33. The van der Waals surface area contributed by atoms with E-state index in [2.05, 4.69) is 10.1 Å². The second-order valence-electron chi connectivity index (χ2n) is 3.34. The summed E-state index contributed by atoms with van der Waals surface area (Å²) in [6.45, 7) is -0.450. The monoisotopic (exact) mass is 244 g/mol. The average Bonchev–Trinajstić information content (AvgIpc) is 2.26. The van der Waals surface area contributed by atoms with Gasteiger partial charge in [-0.2, -0.15) is 8.78 Å². The van der Waals surface area contributed by atoms with Crippen molar-refractivity contribution in [2.45, 2.75) is 19.6 Å². The van der Waals surface area contributed by atoms with Crippen LogP contribution in [0, 0.1) is 0 Å². The maximum absolute atomic E-state index is 11.9. The fourth-order valence-corrected chi connectivity index (χ4v) is 1.43. The van der Waals surface area contributed by atoms with E-state index in [9.17, 15) is 13.6 Å². The van der Waals surface area contributed by atoms with Gasteiger partial charge in [0.1, 0.15) is 11.8 Å². The molecule has 0 saturated carbocycles. The van der Waals surface area contributed by atoms with E-state index in [1.54, 1.807) is 0 Å². The molecule has 0 aliphatic carbocycles. The zero-order valence-electron chi connectivity index (χ0n) is 9.32. The zero-order valence-corrected chi connectivity index (χ0v) is 9.32. The minimum absolute atomic E-state index is 0.0449. The summed E-state index contributed by atoms with van der Waals surface area (Å²) < 4.78 is 28.0. The molecule has 0 fully saturated rings. The van der Waals surface area contributed by atoms with Crippen LogP contribution in [0.3, 0.4) is 0 Å². The van der Waals surface area contributed by atoms with Gasteiger partial charge >= 0.3 is 6.61 Å². The summed E-state index contributed by atoms with van der Waals surface area (Å²) in [6.07, 6.45) is 0. The summed E-state index contributed by atoms with van der Waals surface area (Å²) in [5.74, 6) is -0.474. The van der Waals surface area contributed by atoms with Crippen LogP contribution in [0.5, 0.6) is 5.75 Å². The van der Waals surface area contributed by atoms with Crippen molar-refractivity contribution in [2.75, 3.05) is 6.54 Å². The standard InChI is InChI=1S/C11H14F2N2O2/c1-2-15-9(10(14)16)7-3-5-8(6-4-7)17-11(12)13/h3-6,9,11,15H,2H2,1H3,(H2,14,16). The third-order valence-electron chi connectivity index (χ3n) is 2.13. The molecule has 4 nitrogen and oxygen atoms in total. The van der Waals surface area contributed by atoms with Crippen molar-refractivity contribution < 1.29 is 18.3 Å². The molecule has 0 aromatic heterocycles. The molecule has 3 N–H and O–H groups in total. The number of alkyl halides is 2. The number of ether oxygens (including phenoxy) is 1. The summed E-state index contributed by atoms with van der Waals surface area (Å²) in [6, 6.07) is 5.16. The molecule has 1 unspecified atom stereocenters. The first-order valence-corrected chi connectivity index (χ1v) is 5.12. The van der Waals surface area contributed by atoms with Gasteiger partial charge in [-0.1, -0.05) is 19.1 Å². The van der Waals surface area contributed by atoms with E-state index in [1.165, 1.54) is 24.3 Å². The molecule has 0 bridgehead atoms. The van der Waals surface area contributed by atoms with Gasteiger partial charge in [-0.05, 0) is 24.2 Å². The summed E-state index contributed by atoms with van der Waals surface area (Å²) in [5.41, 5.74) is 5.83. The van der Waals surface area contributed by atoms with Gasteiger partial charge in [0.05, 0.1) is 0 Å². The molecule has 94 valence electrons. The second-order valence-corrected chi connectivity index (χ2v) is 3.34. The first kappa shape index (κ1) is 13.4. The molecule has 6 heteroatoms. The Morgan fingerprint density at radius 1 is 1.41 bits per heavy atom. The molecule has 1 rings (SSSR count). The van der Waals surface area contributed by atoms with Crippen LogP contribution in [0.4, 0.5) is 8.78 Å². The number of carbonyl (C=O) groups is 1. The number of nitrogens with one attached hydrogen (secondary N) is 1. The minimum atomic E-state index is -2.86. The van der Waals surface area contributed by atoms with Crippen molar-refractivity contribution in [3.63, 3.8) is 0 Å². The van der Waals surface area contributed by atoms with Gasteiger partial charge in [0, 0.05) is 0 Å². The highest BCUT2D eigenvalue weighted by Gasteiger charge is 2.16. The first-order valence-electron chi connectivity index (χ1n) is 5.12. The molecule has 0 heterocycles. The van der Waals surface area contributed by atoms with Crippen LogP contribution in [-0.4, -0.2) is 19.1 Å². The Morgan fingerprint density at radius 2 is 2.00 bits per heavy atom. The van der Waals surface area contributed by atoms with Crippen molar-refractivity contribution in [3.8, 4) is 5.75 Å². The van der Waals surface area contributed by atoms with Gasteiger partial charge in [0.2, 0.25) is 5.91 Å². The van der Waals surface area contributed by atoms with E-state index in [0.717, 1.165) is 0 Å². The number of amides is 1. The van der Waals surface area contributed by atoms with E-state index < -0.39 is 18.6 Å². The molecule has 0 spiro atoms. The van der Waals surface area contributed by atoms with E-state index >= 15 is 0 Å². The summed E-state index contributed by atoms with van der Waals surface area (Å²) in [4.78, 5) is 11.2. The molecule has 17 heavy (non-hydrogen) atoms. The van der Waals surface area contributed by atoms with Gasteiger partial charge < -0.3 is 15.8 Å². The van der Waals surface area contributed by atoms with E-state index in [4.69, 9.17) is 5.73 Å². The lowest BCUT2D eigenvalue weighted by atomic mass is 10.1. The molecular formula is C11H14F2N2O2. The van der Waals surface area contributed by atoms with Crippen LogP contribution in [0.15, 0.2) is 24.3 Å². The molecule has 0 aliphatic heterocycles. The van der Waals surface area contributed by atoms with Crippen LogP contribution in [-0.2, 0) is 4.79 Å². The maximum Gasteiger partial charge on any atom is 0.387 e. The molecule has 1 atom stereocenters. The van der Waals surface area contributed by atoms with Crippen molar-refractivity contribution in [2.24, 2.45) is 5.73 Å². The SMILES string of the molecule is CCNC(C(N)=O)c1ccc(OC(F)F)cc1. The topological polar surface area (TPSA) is 64.3 Å². The summed E-state index contributed by atoms with van der Waals surface area (Å²) >= 11 is 0. The van der Waals surface area contributed by atoms with E-state index in [1.807, 2.05) is 6.92 Å². The lowest BCUT2D eigenvalue weighted by Gasteiger charge is -2.14. The number of primary amides is 1. The smallest absolute Gasteiger partial charge is 0.387 e. The third-order valence-corrected chi connectivity index (χ3v) is 2.13. The fourth-order valence-electron chi connectivity index (χ4n) is 1.43. The lowest BCUT2D eigenvalue weighted by molar-refractivity contribution is -0.120. The minimum Gasteiger partial charge on any atom is -0.435 e. The maximum atomic E-state index is 11.9. The first-order chi connectivity index (χ1) is 8.04. The van der Waals surface area contributed by atoms with Crippen LogP contribution in [0.25, 0.3) is 0 Å². The fraction of sp³-hybridized carbons (Fsp3) is 0.364.